The third kappa shape index (κ3) is 4.41. The van der Waals surface area contributed by atoms with Gasteiger partial charge in [0.05, 0.1) is 34.5 Å². The molecule has 0 saturated carbocycles. The molecule has 31 heavy (non-hydrogen) atoms. The van der Waals surface area contributed by atoms with Gasteiger partial charge in [0.15, 0.2) is 23.0 Å². The fourth-order valence-corrected chi connectivity index (χ4v) is 4.25. The molecule has 0 fully saturated rings. The number of benzene rings is 2. The van der Waals surface area contributed by atoms with Crippen LogP contribution in [-0.2, 0) is 15.8 Å². The highest BCUT2D eigenvalue weighted by Crippen LogP contribution is 2.50. The van der Waals surface area contributed by atoms with E-state index in [9.17, 15) is 19.1 Å². The molecular formula is C20H24NO9P. The number of phosphoric ester groups is 1. The van der Waals surface area contributed by atoms with Crippen molar-refractivity contribution in [2.75, 3.05) is 35.0 Å². The lowest BCUT2D eigenvalue weighted by molar-refractivity contribution is -0.120. The molecule has 0 saturated heterocycles. The van der Waals surface area contributed by atoms with Gasteiger partial charge in [0, 0.05) is 12.1 Å². The topological polar surface area (TPSA) is 124 Å². The number of carbonyl (C=O) groups is 1. The number of hydrogen-bond donors (Lipinski definition) is 2. The molecule has 0 bridgehead atoms. The number of phosphoric acid groups is 1. The summed E-state index contributed by atoms with van der Waals surface area (Å²) >= 11 is 0. The zero-order valence-corrected chi connectivity index (χ0v) is 18.4. The van der Waals surface area contributed by atoms with Crippen molar-refractivity contribution in [3.05, 3.63) is 41.0 Å². The molecule has 0 radical (unpaired) electrons. The van der Waals surface area contributed by atoms with E-state index in [4.69, 9.17) is 23.5 Å². The van der Waals surface area contributed by atoms with Crippen molar-refractivity contribution >= 4 is 14.2 Å². The maximum atomic E-state index is 11.9. The van der Waals surface area contributed by atoms with Crippen LogP contribution in [0, 0.1) is 0 Å². The molecule has 1 heterocycles. The van der Waals surface area contributed by atoms with E-state index in [0.29, 0.717) is 46.9 Å². The molecule has 10 nitrogen and oxygen atoms in total. The van der Waals surface area contributed by atoms with Gasteiger partial charge in [0.1, 0.15) is 0 Å². The standard InChI is InChI=1S/C20H24NO9P/c1-26-15-6-5-13-14(19(15)30-31(23,24)25)7-8-21(11-22)18(13)12-9-16(27-2)20(29-4)17(10-12)28-3/h5-6,9-11,18H,7-8H2,1-4H3,(H2,23,24,25). The minimum absolute atomic E-state index is 0.0451. The Kier molecular flexibility index (Phi) is 6.64. The monoisotopic (exact) mass is 453 g/mol. The highest BCUT2D eigenvalue weighted by molar-refractivity contribution is 7.46. The average molecular weight is 453 g/mol. The molecule has 3 rings (SSSR count). The highest BCUT2D eigenvalue weighted by Gasteiger charge is 2.34. The fourth-order valence-electron chi connectivity index (χ4n) is 3.81. The fraction of sp³-hybridized carbons (Fsp3) is 0.350. The van der Waals surface area contributed by atoms with Crippen molar-refractivity contribution in [2.45, 2.75) is 12.5 Å². The molecule has 1 aliphatic heterocycles. The van der Waals surface area contributed by atoms with Gasteiger partial charge in [-0.2, -0.15) is 0 Å². The zero-order chi connectivity index (χ0) is 22.8. The molecule has 2 aromatic rings. The summed E-state index contributed by atoms with van der Waals surface area (Å²) in [6.07, 6.45) is 1.05. The van der Waals surface area contributed by atoms with Crippen LogP contribution in [0.3, 0.4) is 0 Å². The van der Waals surface area contributed by atoms with E-state index < -0.39 is 13.9 Å². The van der Waals surface area contributed by atoms with Gasteiger partial charge in [-0.3, -0.25) is 14.6 Å². The van der Waals surface area contributed by atoms with Gasteiger partial charge in [0.25, 0.3) is 0 Å². The summed E-state index contributed by atoms with van der Waals surface area (Å²) in [5.74, 6) is 1.37. The lowest BCUT2D eigenvalue weighted by Gasteiger charge is -2.36. The predicted molar refractivity (Wildman–Crippen MR) is 110 cm³/mol. The number of carbonyl (C=O) groups excluding carboxylic acids is 1. The van der Waals surface area contributed by atoms with E-state index in [0.717, 1.165) is 6.41 Å². The summed E-state index contributed by atoms with van der Waals surface area (Å²) in [7, 11) is 1.01. The van der Waals surface area contributed by atoms with Gasteiger partial charge in [-0.15, -0.1) is 0 Å². The second-order valence-corrected chi connectivity index (χ2v) is 7.86. The molecule has 1 unspecified atom stereocenters. The normalized spacial score (nSPS) is 15.7. The minimum atomic E-state index is -4.84. The molecule has 0 spiro atoms. The van der Waals surface area contributed by atoms with Crippen LogP contribution in [0.15, 0.2) is 24.3 Å². The summed E-state index contributed by atoms with van der Waals surface area (Å²) in [4.78, 5) is 32.2. The number of rotatable bonds is 8. The zero-order valence-electron chi connectivity index (χ0n) is 17.5. The van der Waals surface area contributed by atoms with Crippen LogP contribution in [0.2, 0.25) is 0 Å². The number of methoxy groups -OCH3 is 4. The SMILES string of the molecule is COc1cc(C2c3ccc(OC)c(OP(=O)(O)O)c3CCN2C=O)cc(OC)c1OC. The molecule has 0 aliphatic carbocycles. The number of amides is 1. The second-order valence-electron chi connectivity index (χ2n) is 6.70. The van der Waals surface area contributed by atoms with E-state index in [1.54, 1.807) is 29.2 Å². The first kappa shape index (κ1) is 22.7. The Hall–Kier alpha value is -2.94. The van der Waals surface area contributed by atoms with Crippen LogP contribution in [0.25, 0.3) is 0 Å². The Balaban J connectivity index is 2.24. The lowest BCUT2D eigenvalue weighted by atomic mass is 9.87. The van der Waals surface area contributed by atoms with Crippen molar-refractivity contribution in [2.24, 2.45) is 0 Å². The van der Waals surface area contributed by atoms with Gasteiger partial charge >= 0.3 is 7.82 Å². The maximum absolute atomic E-state index is 11.9. The number of nitrogens with zero attached hydrogens (tertiary/aromatic N) is 1. The first-order chi connectivity index (χ1) is 14.8. The minimum Gasteiger partial charge on any atom is -0.493 e. The molecule has 0 aromatic heterocycles. The largest absolute Gasteiger partial charge is 0.524 e. The van der Waals surface area contributed by atoms with Crippen LogP contribution >= 0.6 is 7.82 Å². The predicted octanol–water partition coefficient (Wildman–Crippen LogP) is 2.30. The lowest BCUT2D eigenvalue weighted by Crippen LogP contribution is -2.35. The molecule has 1 amide bonds. The Morgan fingerprint density at radius 3 is 2.06 bits per heavy atom. The van der Waals surface area contributed by atoms with E-state index in [1.807, 2.05) is 0 Å². The number of fused-ring (bicyclic) bond motifs is 1. The Labute approximate surface area is 179 Å². The third-order valence-electron chi connectivity index (χ3n) is 5.08. The van der Waals surface area contributed by atoms with Crippen LogP contribution in [0.5, 0.6) is 28.7 Å². The summed E-state index contributed by atoms with van der Waals surface area (Å²) in [5, 5.41) is 0. The summed E-state index contributed by atoms with van der Waals surface area (Å²) in [5.41, 5.74) is 1.84. The van der Waals surface area contributed by atoms with Crippen molar-refractivity contribution in [3.63, 3.8) is 0 Å². The first-order valence-corrected chi connectivity index (χ1v) is 10.8. The van der Waals surface area contributed by atoms with Crippen LogP contribution in [-0.4, -0.2) is 56.1 Å². The molecular weight excluding hydrogens is 429 g/mol. The van der Waals surface area contributed by atoms with Gasteiger partial charge in [-0.25, -0.2) is 4.57 Å². The molecule has 11 heteroatoms. The smallest absolute Gasteiger partial charge is 0.493 e. The van der Waals surface area contributed by atoms with Gasteiger partial charge in [0.2, 0.25) is 12.2 Å². The van der Waals surface area contributed by atoms with E-state index in [2.05, 4.69) is 0 Å². The average Bonchev–Trinajstić information content (AvgIpc) is 2.76. The Morgan fingerprint density at radius 2 is 1.58 bits per heavy atom. The van der Waals surface area contributed by atoms with E-state index in [-0.39, 0.29) is 11.5 Å². The van der Waals surface area contributed by atoms with Gasteiger partial charge in [-0.1, -0.05) is 6.07 Å². The Bertz CT molecular complexity index is 995. The van der Waals surface area contributed by atoms with E-state index >= 15 is 0 Å². The van der Waals surface area contributed by atoms with Crippen molar-refractivity contribution in [3.8, 4) is 28.7 Å². The summed E-state index contributed by atoms with van der Waals surface area (Å²) in [6.45, 7) is 0.294. The third-order valence-corrected chi connectivity index (χ3v) is 5.50. The van der Waals surface area contributed by atoms with Gasteiger partial charge in [-0.05, 0) is 35.7 Å². The van der Waals surface area contributed by atoms with Crippen molar-refractivity contribution < 1.29 is 42.6 Å². The molecule has 168 valence electrons. The van der Waals surface area contributed by atoms with Crippen molar-refractivity contribution in [1.29, 1.82) is 0 Å². The number of hydrogen-bond acceptors (Lipinski definition) is 7. The van der Waals surface area contributed by atoms with Crippen LogP contribution in [0.4, 0.5) is 0 Å². The van der Waals surface area contributed by atoms with Crippen LogP contribution < -0.4 is 23.5 Å². The Morgan fingerprint density at radius 1 is 0.968 bits per heavy atom. The van der Waals surface area contributed by atoms with Crippen molar-refractivity contribution in [1.82, 2.24) is 4.90 Å². The second kappa shape index (κ2) is 9.05. The molecule has 1 atom stereocenters. The molecule has 2 aromatic carbocycles. The van der Waals surface area contributed by atoms with E-state index in [1.165, 1.54) is 28.4 Å². The summed E-state index contributed by atoms with van der Waals surface area (Å²) < 4.78 is 38.0. The quantitative estimate of drug-likeness (QED) is 0.458. The number of ether oxygens (including phenoxy) is 4. The summed E-state index contributed by atoms with van der Waals surface area (Å²) in [6, 6.07) is 6.16. The maximum Gasteiger partial charge on any atom is 0.524 e. The highest BCUT2D eigenvalue weighted by atomic mass is 31.2. The molecule has 2 N–H and O–H groups in total. The van der Waals surface area contributed by atoms with Gasteiger partial charge < -0.3 is 28.4 Å². The van der Waals surface area contributed by atoms with Crippen LogP contribution in [0.1, 0.15) is 22.7 Å². The molecule has 1 aliphatic rings. The first-order valence-electron chi connectivity index (χ1n) is 9.23.